The summed E-state index contributed by atoms with van der Waals surface area (Å²) in [4.78, 5) is 30.7. The molecule has 1 N–H and O–H groups in total. The maximum Gasteiger partial charge on any atom is 0.251 e. The lowest BCUT2D eigenvalue weighted by Crippen LogP contribution is -2.44. The molecule has 144 valence electrons. The molecular weight excluding hydrogens is 348 g/mol. The Hall–Kier alpha value is -2.90. The van der Waals surface area contributed by atoms with Crippen LogP contribution in [0.2, 0.25) is 0 Å². The van der Waals surface area contributed by atoms with Crippen molar-refractivity contribution in [1.29, 1.82) is 0 Å². The van der Waals surface area contributed by atoms with Gasteiger partial charge in [-0.15, -0.1) is 0 Å². The van der Waals surface area contributed by atoms with Crippen molar-refractivity contribution < 1.29 is 18.8 Å². The summed E-state index contributed by atoms with van der Waals surface area (Å²) in [6, 6.07) is 6.84. The smallest absolute Gasteiger partial charge is 0.251 e. The van der Waals surface area contributed by atoms with Crippen molar-refractivity contribution in [2.24, 2.45) is 0 Å². The van der Waals surface area contributed by atoms with Gasteiger partial charge in [0, 0.05) is 18.7 Å². The van der Waals surface area contributed by atoms with Crippen LogP contribution in [0.15, 0.2) is 28.8 Å². The fourth-order valence-electron chi connectivity index (χ4n) is 3.12. The van der Waals surface area contributed by atoms with Crippen LogP contribution in [-0.4, -0.2) is 53.1 Å². The topological polar surface area (TPSA) is 97.6 Å². The molecule has 0 spiro atoms. The summed E-state index contributed by atoms with van der Waals surface area (Å²) in [5.41, 5.74) is 0.490. The van der Waals surface area contributed by atoms with Crippen molar-refractivity contribution in [3.05, 3.63) is 41.5 Å². The highest BCUT2D eigenvalue weighted by Crippen LogP contribution is 2.25. The number of nitrogens with zero attached hydrogens (tertiary/aromatic N) is 3. The predicted octanol–water partition coefficient (Wildman–Crippen LogP) is 1.91. The van der Waals surface area contributed by atoms with Crippen LogP contribution in [-0.2, 0) is 4.79 Å². The molecule has 3 rings (SSSR count). The van der Waals surface area contributed by atoms with E-state index in [-0.39, 0.29) is 24.3 Å². The lowest BCUT2D eigenvalue weighted by atomic mass is 9.98. The third-order valence-corrected chi connectivity index (χ3v) is 4.49. The molecule has 8 heteroatoms. The number of aromatic nitrogens is 2. The predicted molar refractivity (Wildman–Crippen MR) is 97.5 cm³/mol. The Morgan fingerprint density at radius 3 is 2.78 bits per heavy atom. The van der Waals surface area contributed by atoms with E-state index in [2.05, 4.69) is 15.5 Å². The minimum absolute atomic E-state index is 0.0401. The van der Waals surface area contributed by atoms with Gasteiger partial charge in [-0.3, -0.25) is 9.59 Å². The normalized spacial score (nSPS) is 16.8. The molecule has 1 aliphatic heterocycles. The van der Waals surface area contributed by atoms with E-state index in [9.17, 15) is 9.59 Å². The zero-order chi connectivity index (χ0) is 19.2. The summed E-state index contributed by atoms with van der Waals surface area (Å²) in [7, 11) is 0. The van der Waals surface area contributed by atoms with Crippen LogP contribution in [0.4, 0.5) is 0 Å². The molecule has 2 amide bonds. The van der Waals surface area contributed by atoms with Crippen LogP contribution in [0.1, 0.15) is 47.8 Å². The lowest BCUT2D eigenvalue weighted by molar-refractivity contribution is -0.131. The summed E-state index contributed by atoms with van der Waals surface area (Å²) in [5, 5.41) is 6.50. The molecule has 2 aromatic rings. The molecule has 1 aliphatic rings. The van der Waals surface area contributed by atoms with E-state index in [4.69, 9.17) is 9.26 Å². The Balaban J connectivity index is 1.51. The summed E-state index contributed by atoms with van der Waals surface area (Å²) < 4.78 is 10.6. The van der Waals surface area contributed by atoms with Gasteiger partial charge in [0.2, 0.25) is 11.8 Å². The van der Waals surface area contributed by atoms with Crippen LogP contribution < -0.4 is 10.1 Å². The van der Waals surface area contributed by atoms with E-state index < -0.39 is 0 Å². The molecule has 0 aliphatic carbocycles. The van der Waals surface area contributed by atoms with Crippen LogP contribution in [0.5, 0.6) is 5.75 Å². The van der Waals surface area contributed by atoms with Crippen molar-refractivity contribution in [3.63, 3.8) is 0 Å². The third-order valence-electron chi connectivity index (χ3n) is 4.49. The SMILES string of the molecule is CCOc1ccc(C(=O)NCC(=O)N2CCCC(c3nc(C)no3)C2)cc1. The molecule has 27 heavy (non-hydrogen) atoms. The molecule has 1 saturated heterocycles. The highest BCUT2D eigenvalue weighted by atomic mass is 16.5. The number of rotatable bonds is 6. The highest BCUT2D eigenvalue weighted by Gasteiger charge is 2.28. The molecule has 1 fully saturated rings. The number of aryl methyl sites for hydroxylation is 1. The zero-order valence-electron chi connectivity index (χ0n) is 15.6. The molecule has 0 saturated carbocycles. The number of benzene rings is 1. The van der Waals surface area contributed by atoms with Gasteiger partial charge in [-0.1, -0.05) is 5.16 Å². The molecule has 1 aromatic carbocycles. The molecule has 1 atom stereocenters. The molecule has 8 nitrogen and oxygen atoms in total. The highest BCUT2D eigenvalue weighted by molar-refractivity contribution is 5.96. The Morgan fingerprint density at radius 1 is 1.33 bits per heavy atom. The van der Waals surface area contributed by atoms with E-state index in [0.717, 1.165) is 12.8 Å². The van der Waals surface area contributed by atoms with Gasteiger partial charge in [0.05, 0.1) is 19.1 Å². The van der Waals surface area contributed by atoms with E-state index in [1.807, 2.05) is 6.92 Å². The van der Waals surface area contributed by atoms with Gasteiger partial charge in [-0.25, -0.2) is 0 Å². The average Bonchev–Trinajstić information content (AvgIpc) is 3.13. The zero-order valence-corrected chi connectivity index (χ0v) is 15.6. The summed E-state index contributed by atoms with van der Waals surface area (Å²) >= 11 is 0. The van der Waals surface area contributed by atoms with Crippen molar-refractivity contribution in [3.8, 4) is 5.75 Å². The molecule has 0 radical (unpaired) electrons. The first-order chi connectivity index (χ1) is 13.1. The van der Waals surface area contributed by atoms with E-state index in [1.54, 1.807) is 36.1 Å². The van der Waals surface area contributed by atoms with E-state index in [1.165, 1.54) is 0 Å². The minimum atomic E-state index is -0.285. The second-order valence-corrected chi connectivity index (χ2v) is 6.50. The van der Waals surface area contributed by atoms with Gasteiger partial charge < -0.3 is 19.5 Å². The van der Waals surface area contributed by atoms with Gasteiger partial charge in [-0.2, -0.15) is 4.98 Å². The largest absolute Gasteiger partial charge is 0.494 e. The van der Waals surface area contributed by atoms with Gasteiger partial charge in [0.25, 0.3) is 5.91 Å². The number of ether oxygens (including phenoxy) is 1. The quantitative estimate of drug-likeness (QED) is 0.832. The number of amides is 2. The van der Waals surface area contributed by atoms with Crippen molar-refractivity contribution >= 4 is 11.8 Å². The molecule has 2 heterocycles. The van der Waals surface area contributed by atoms with E-state index >= 15 is 0 Å². The van der Waals surface area contributed by atoms with Gasteiger partial charge in [0.15, 0.2) is 5.82 Å². The maximum absolute atomic E-state index is 12.5. The Kier molecular flexibility index (Phi) is 6.05. The van der Waals surface area contributed by atoms with Crippen molar-refractivity contribution in [1.82, 2.24) is 20.4 Å². The van der Waals surface area contributed by atoms with Gasteiger partial charge in [-0.05, 0) is 51.0 Å². The first kappa shape index (κ1) is 18.9. The Labute approximate surface area is 157 Å². The van der Waals surface area contributed by atoms with Crippen LogP contribution >= 0.6 is 0 Å². The third kappa shape index (κ3) is 4.84. The number of piperidine rings is 1. The second-order valence-electron chi connectivity index (χ2n) is 6.50. The molecular formula is C19H24N4O4. The Bertz CT molecular complexity index is 787. The van der Waals surface area contributed by atoms with Gasteiger partial charge >= 0.3 is 0 Å². The number of hydrogen-bond donors (Lipinski definition) is 1. The number of hydrogen-bond acceptors (Lipinski definition) is 6. The first-order valence-electron chi connectivity index (χ1n) is 9.16. The number of likely N-dealkylation sites (tertiary alicyclic amines) is 1. The number of carbonyl (C=O) groups excluding carboxylic acids is 2. The van der Waals surface area contributed by atoms with Crippen molar-refractivity contribution in [2.45, 2.75) is 32.6 Å². The van der Waals surface area contributed by atoms with Crippen LogP contribution in [0.25, 0.3) is 0 Å². The maximum atomic E-state index is 12.5. The van der Waals surface area contributed by atoms with Crippen LogP contribution in [0, 0.1) is 6.92 Å². The average molecular weight is 372 g/mol. The van der Waals surface area contributed by atoms with Crippen molar-refractivity contribution in [2.75, 3.05) is 26.2 Å². The standard InChI is InChI=1S/C19H24N4O4/c1-3-26-16-8-6-14(7-9-16)18(25)20-11-17(24)23-10-4-5-15(12-23)19-21-13(2)22-27-19/h6-9,15H,3-5,10-12H2,1-2H3,(H,20,25). The monoisotopic (exact) mass is 372 g/mol. The minimum Gasteiger partial charge on any atom is -0.494 e. The fraction of sp³-hybridized carbons (Fsp3) is 0.474. The number of nitrogens with one attached hydrogen (secondary N) is 1. The number of carbonyl (C=O) groups is 2. The first-order valence-corrected chi connectivity index (χ1v) is 9.16. The summed E-state index contributed by atoms with van der Waals surface area (Å²) in [6.45, 7) is 5.40. The van der Waals surface area contributed by atoms with E-state index in [0.29, 0.717) is 42.7 Å². The summed E-state index contributed by atoms with van der Waals surface area (Å²) in [6.07, 6.45) is 1.77. The molecule has 1 aromatic heterocycles. The molecule has 0 bridgehead atoms. The Morgan fingerprint density at radius 2 is 2.11 bits per heavy atom. The molecule has 1 unspecified atom stereocenters. The lowest BCUT2D eigenvalue weighted by Gasteiger charge is -2.31. The summed E-state index contributed by atoms with van der Waals surface area (Å²) in [5.74, 6) is 1.52. The fourth-order valence-corrected chi connectivity index (χ4v) is 3.12. The van der Waals surface area contributed by atoms with Crippen LogP contribution in [0.3, 0.4) is 0 Å². The van der Waals surface area contributed by atoms with Gasteiger partial charge in [0.1, 0.15) is 5.75 Å². The second kappa shape index (κ2) is 8.66.